The van der Waals surface area contributed by atoms with Gasteiger partial charge in [-0.1, -0.05) is 0 Å². The summed E-state index contributed by atoms with van der Waals surface area (Å²) in [5.74, 6) is 0.193. The van der Waals surface area contributed by atoms with Gasteiger partial charge in [-0.3, -0.25) is 9.52 Å². The van der Waals surface area contributed by atoms with E-state index >= 15 is 0 Å². The van der Waals surface area contributed by atoms with E-state index in [0.717, 1.165) is 13.1 Å². The molecule has 0 spiro atoms. The van der Waals surface area contributed by atoms with Crippen molar-refractivity contribution >= 4 is 39.7 Å². The number of rotatable bonds is 8. The maximum absolute atomic E-state index is 12.9. The summed E-state index contributed by atoms with van der Waals surface area (Å²) in [6.07, 6.45) is 1.39. The number of carbonyl (C=O) groups is 1. The smallest absolute Gasteiger partial charge is 0.233 e. The van der Waals surface area contributed by atoms with Crippen LogP contribution < -0.4 is 20.1 Å². The lowest BCUT2D eigenvalue weighted by Crippen LogP contribution is -2.47. The third-order valence-corrected chi connectivity index (χ3v) is 5.86. The highest BCUT2D eigenvalue weighted by atomic mass is 35.5. The molecule has 0 aromatic heterocycles. The van der Waals surface area contributed by atoms with Gasteiger partial charge in [0.1, 0.15) is 5.75 Å². The number of nitrogens with one attached hydrogen (secondary N) is 3. The molecule has 1 heterocycles. The minimum Gasteiger partial charge on any atom is -0.494 e. The van der Waals surface area contributed by atoms with Crippen LogP contribution in [0.5, 0.6) is 5.75 Å². The SMILES string of the molecule is CCS(=O)(=O)Nc1ccc(NC(=O)C2(COC)CCNCC2)cc1OC.Cl. The largest absolute Gasteiger partial charge is 0.494 e. The Morgan fingerprint density at radius 3 is 2.48 bits per heavy atom. The minimum absolute atomic E-state index is 0. The molecular weight excluding hydrogens is 394 g/mol. The van der Waals surface area contributed by atoms with Gasteiger partial charge in [0.25, 0.3) is 0 Å². The summed E-state index contributed by atoms with van der Waals surface area (Å²) in [7, 11) is -0.376. The monoisotopic (exact) mass is 421 g/mol. The molecule has 1 fully saturated rings. The average molecular weight is 422 g/mol. The fraction of sp³-hybridized carbons (Fsp3) is 0.588. The fourth-order valence-electron chi connectivity index (χ4n) is 2.98. The van der Waals surface area contributed by atoms with Gasteiger partial charge < -0.3 is 20.1 Å². The minimum atomic E-state index is -3.42. The van der Waals surface area contributed by atoms with Crippen molar-refractivity contribution in [3.63, 3.8) is 0 Å². The maximum atomic E-state index is 12.9. The van der Waals surface area contributed by atoms with E-state index in [2.05, 4.69) is 15.4 Å². The van der Waals surface area contributed by atoms with Crippen LogP contribution in [-0.4, -0.2) is 54.0 Å². The molecule has 1 aromatic rings. The highest BCUT2D eigenvalue weighted by Crippen LogP contribution is 2.33. The molecule has 0 aliphatic carbocycles. The molecule has 8 nitrogen and oxygen atoms in total. The Morgan fingerprint density at radius 1 is 1.26 bits per heavy atom. The van der Waals surface area contributed by atoms with Gasteiger partial charge >= 0.3 is 0 Å². The van der Waals surface area contributed by atoms with Crippen molar-refractivity contribution in [3.05, 3.63) is 18.2 Å². The van der Waals surface area contributed by atoms with Crippen LogP contribution in [0, 0.1) is 5.41 Å². The van der Waals surface area contributed by atoms with Gasteiger partial charge in [0, 0.05) is 18.9 Å². The number of hydrogen-bond donors (Lipinski definition) is 3. The number of halogens is 1. The molecule has 0 bridgehead atoms. The molecular formula is C17H28ClN3O5S. The first-order valence-corrected chi connectivity index (χ1v) is 10.2. The maximum Gasteiger partial charge on any atom is 0.233 e. The summed E-state index contributed by atoms with van der Waals surface area (Å²) >= 11 is 0. The van der Waals surface area contributed by atoms with Crippen LogP contribution in [0.2, 0.25) is 0 Å². The van der Waals surface area contributed by atoms with Gasteiger partial charge in [-0.05, 0) is 45.0 Å². The molecule has 1 aromatic carbocycles. The summed E-state index contributed by atoms with van der Waals surface area (Å²) in [5, 5.41) is 6.16. The molecule has 1 amide bonds. The van der Waals surface area contributed by atoms with E-state index in [0.29, 0.717) is 36.6 Å². The molecule has 1 aliphatic rings. The molecule has 0 unspecified atom stereocenters. The summed E-state index contributed by atoms with van der Waals surface area (Å²) < 4.78 is 36.5. The van der Waals surface area contributed by atoms with E-state index in [-0.39, 0.29) is 24.1 Å². The molecule has 10 heteroatoms. The Hall–Kier alpha value is -1.55. The highest BCUT2D eigenvalue weighted by molar-refractivity contribution is 7.92. The Labute approximate surface area is 166 Å². The van der Waals surface area contributed by atoms with E-state index in [1.807, 2.05) is 0 Å². The van der Waals surface area contributed by atoms with Crippen molar-refractivity contribution in [1.82, 2.24) is 5.32 Å². The number of ether oxygens (including phenoxy) is 2. The number of sulfonamides is 1. The molecule has 27 heavy (non-hydrogen) atoms. The second-order valence-electron chi connectivity index (χ2n) is 6.34. The van der Waals surface area contributed by atoms with Crippen molar-refractivity contribution < 1.29 is 22.7 Å². The number of carbonyl (C=O) groups excluding carboxylic acids is 1. The van der Waals surface area contributed by atoms with E-state index in [9.17, 15) is 13.2 Å². The van der Waals surface area contributed by atoms with E-state index < -0.39 is 15.4 Å². The number of hydrogen-bond acceptors (Lipinski definition) is 6. The number of piperidine rings is 1. The predicted molar refractivity (Wildman–Crippen MR) is 108 cm³/mol. The fourth-order valence-corrected chi connectivity index (χ4v) is 3.62. The van der Waals surface area contributed by atoms with E-state index in [1.54, 1.807) is 32.2 Å². The number of benzene rings is 1. The van der Waals surface area contributed by atoms with Gasteiger partial charge in [0.2, 0.25) is 15.9 Å². The summed E-state index contributed by atoms with van der Waals surface area (Å²) in [6, 6.07) is 4.83. The summed E-state index contributed by atoms with van der Waals surface area (Å²) in [5.41, 5.74) is 0.302. The molecule has 3 N–H and O–H groups in total. The average Bonchev–Trinajstić information content (AvgIpc) is 2.63. The zero-order valence-electron chi connectivity index (χ0n) is 15.8. The second kappa shape index (κ2) is 10.1. The number of anilines is 2. The van der Waals surface area contributed by atoms with Crippen molar-refractivity contribution in [2.24, 2.45) is 5.41 Å². The summed E-state index contributed by atoms with van der Waals surface area (Å²) in [4.78, 5) is 12.9. The zero-order valence-corrected chi connectivity index (χ0v) is 17.5. The molecule has 2 rings (SSSR count). The lowest BCUT2D eigenvalue weighted by atomic mass is 9.78. The van der Waals surface area contributed by atoms with Crippen LogP contribution in [0.4, 0.5) is 11.4 Å². The van der Waals surface area contributed by atoms with Gasteiger partial charge in [-0.25, -0.2) is 8.42 Å². The Morgan fingerprint density at radius 2 is 1.93 bits per heavy atom. The Kier molecular flexibility index (Phi) is 8.80. The Balaban J connectivity index is 0.00000364. The zero-order chi connectivity index (χ0) is 19.2. The first kappa shape index (κ1) is 23.5. The van der Waals surface area contributed by atoms with Crippen molar-refractivity contribution in [1.29, 1.82) is 0 Å². The van der Waals surface area contributed by atoms with Crippen LogP contribution in [0.15, 0.2) is 18.2 Å². The third-order valence-electron chi connectivity index (χ3n) is 4.57. The van der Waals surface area contributed by atoms with Gasteiger partial charge in [-0.15, -0.1) is 12.4 Å². The van der Waals surface area contributed by atoms with E-state index in [1.165, 1.54) is 7.11 Å². The van der Waals surface area contributed by atoms with Crippen LogP contribution in [0.3, 0.4) is 0 Å². The highest BCUT2D eigenvalue weighted by Gasteiger charge is 2.39. The third kappa shape index (κ3) is 5.97. The molecule has 154 valence electrons. The van der Waals surface area contributed by atoms with Gasteiger partial charge in [0.05, 0.1) is 30.6 Å². The Bertz CT molecular complexity index is 731. The molecule has 1 aliphatic heterocycles. The predicted octanol–water partition coefficient (Wildman–Crippen LogP) is 1.83. The number of methoxy groups -OCH3 is 2. The van der Waals surface area contributed by atoms with Crippen LogP contribution >= 0.6 is 12.4 Å². The normalized spacial score (nSPS) is 16.1. The molecule has 0 atom stereocenters. The first-order valence-electron chi connectivity index (χ1n) is 8.55. The van der Waals surface area contributed by atoms with Crippen LogP contribution in [0.25, 0.3) is 0 Å². The number of amides is 1. The molecule has 0 saturated carbocycles. The van der Waals surface area contributed by atoms with Gasteiger partial charge in [0.15, 0.2) is 0 Å². The lowest BCUT2D eigenvalue weighted by molar-refractivity contribution is -0.130. The summed E-state index contributed by atoms with van der Waals surface area (Å²) in [6.45, 7) is 3.43. The lowest BCUT2D eigenvalue weighted by Gasteiger charge is -2.35. The van der Waals surface area contributed by atoms with E-state index in [4.69, 9.17) is 9.47 Å². The quantitative estimate of drug-likeness (QED) is 0.591. The van der Waals surface area contributed by atoms with Gasteiger partial charge in [-0.2, -0.15) is 0 Å². The van der Waals surface area contributed by atoms with Crippen LogP contribution in [-0.2, 0) is 19.6 Å². The van der Waals surface area contributed by atoms with Crippen molar-refractivity contribution in [3.8, 4) is 5.75 Å². The second-order valence-corrected chi connectivity index (χ2v) is 8.35. The standard InChI is InChI=1S/C17H27N3O5S.ClH/c1-4-26(22,23)20-14-6-5-13(11-15(14)25-3)19-16(21)17(12-24-2)7-9-18-10-8-17;/h5-6,11,18,20H,4,7-10,12H2,1-3H3,(H,19,21);1H. The van der Waals surface area contributed by atoms with Crippen molar-refractivity contribution in [2.75, 3.05) is 49.7 Å². The molecule has 1 saturated heterocycles. The molecule has 0 radical (unpaired) electrons. The van der Waals surface area contributed by atoms with Crippen LogP contribution in [0.1, 0.15) is 19.8 Å². The topological polar surface area (TPSA) is 106 Å². The van der Waals surface area contributed by atoms with Crippen molar-refractivity contribution in [2.45, 2.75) is 19.8 Å². The first-order chi connectivity index (χ1) is 12.4.